The van der Waals surface area contributed by atoms with Gasteiger partial charge in [-0.05, 0) is 24.6 Å². The van der Waals surface area contributed by atoms with E-state index in [1.807, 2.05) is 0 Å². The van der Waals surface area contributed by atoms with Crippen LogP contribution in [-0.4, -0.2) is 18.6 Å². The fourth-order valence-electron chi connectivity index (χ4n) is 1.82. The number of aryl methyl sites for hydroxylation is 1. The third-order valence-electron chi connectivity index (χ3n) is 2.80. The third kappa shape index (κ3) is 3.18. The molecule has 2 aromatic rings. The van der Waals surface area contributed by atoms with Crippen molar-refractivity contribution in [3.05, 3.63) is 46.2 Å². The summed E-state index contributed by atoms with van der Waals surface area (Å²) in [5.74, 6) is 0. The molecule has 0 aliphatic carbocycles. The first-order chi connectivity index (χ1) is 9.44. The minimum Gasteiger partial charge on any atom is -0.325 e. The van der Waals surface area contributed by atoms with Gasteiger partial charge in [0, 0.05) is 18.1 Å². The van der Waals surface area contributed by atoms with Gasteiger partial charge in [0.15, 0.2) is 0 Å². The predicted molar refractivity (Wildman–Crippen MR) is 76.7 cm³/mol. The molecule has 1 aromatic carbocycles. The van der Waals surface area contributed by atoms with Crippen LogP contribution in [0.1, 0.15) is 17.0 Å². The number of sulfonamides is 1. The van der Waals surface area contributed by atoms with E-state index in [-0.39, 0.29) is 18.0 Å². The molecule has 0 unspecified atom stereocenters. The minimum absolute atomic E-state index is 0.0571. The summed E-state index contributed by atoms with van der Waals surface area (Å²) in [6.07, 6.45) is 0. The summed E-state index contributed by atoms with van der Waals surface area (Å²) in [6, 6.07) is 6.94. The molecule has 2 rings (SSSR count). The molecule has 0 amide bonds. The number of aromatic amines is 1. The first-order valence-electron chi connectivity index (χ1n) is 5.92. The molecule has 0 spiro atoms. The average Bonchev–Trinajstić information content (AvgIpc) is 2.80. The monoisotopic (exact) mass is 314 g/mol. The van der Waals surface area contributed by atoms with Crippen molar-refractivity contribution in [2.75, 3.05) is 0 Å². The number of nitrogens with two attached hydrogens (primary N) is 1. The first-order valence-corrected chi connectivity index (χ1v) is 7.78. The molecule has 0 aliphatic heterocycles. The van der Waals surface area contributed by atoms with Gasteiger partial charge in [-0.2, -0.15) is 5.10 Å². The maximum Gasteiger partial charge on any atom is 0.244 e. The maximum atomic E-state index is 12.3. The molecule has 1 aromatic heterocycles. The van der Waals surface area contributed by atoms with E-state index >= 15 is 0 Å². The zero-order chi connectivity index (χ0) is 14.8. The summed E-state index contributed by atoms with van der Waals surface area (Å²) in [5.41, 5.74) is 7.10. The Bertz CT molecular complexity index is 695. The smallest absolute Gasteiger partial charge is 0.244 e. The van der Waals surface area contributed by atoms with Crippen LogP contribution >= 0.6 is 11.6 Å². The quantitative estimate of drug-likeness (QED) is 0.774. The van der Waals surface area contributed by atoms with Crippen LogP contribution in [0.15, 0.2) is 29.2 Å². The zero-order valence-corrected chi connectivity index (χ0v) is 12.4. The summed E-state index contributed by atoms with van der Waals surface area (Å²) in [5, 5.41) is 7.12. The molecule has 4 N–H and O–H groups in total. The lowest BCUT2D eigenvalue weighted by atomic mass is 10.2. The van der Waals surface area contributed by atoms with Crippen LogP contribution in [0.5, 0.6) is 0 Å². The molecule has 0 saturated carbocycles. The lowest BCUT2D eigenvalue weighted by Crippen LogP contribution is -2.25. The molecule has 0 atom stereocenters. The second-order valence-electron chi connectivity index (χ2n) is 4.28. The van der Waals surface area contributed by atoms with Crippen LogP contribution < -0.4 is 10.5 Å². The second kappa shape index (κ2) is 5.92. The van der Waals surface area contributed by atoms with E-state index < -0.39 is 10.0 Å². The van der Waals surface area contributed by atoms with Gasteiger partial charge in [0.1, 0.15) is 4.90 Å². The van der Waals surface area contributed by atoms with Crippen LogP contribution in [0, 0.1) is 6.92 Å². The molecule has 1 heterocycles. The highest BCUT2D eigenvalue weighted by Crippen LogP contribution is 2.17. The Labute approximate surface area is 122 Å². The highest BCUT2D eigenvalue weighted by Gasteiger charge is 2.23. The fourth-order valence-corrected chi connectivity index (χ4v) is 3.33. The van der Waals surface area contributed by atoms with Gasteiger partial charge in [-0.3, -0.25) is 5.10 Å². The van der Waals surface area contributed by atoms with E-state index in [0.29, 0.717) is 16.4 Å². The van der Waals surface area contributed by atoms with Gasteiger partial charge in [-0.15, -0.1) is 0 Å². The van der Waals surface area contributed by atoms with Crippen LogP contribution in [0.25, 0.3) is 0 Å². The Kier molecular flexibility index (Phi) is 4.44. The van der Waals surface area contributed by atoms with Crippen LogP contribution in [0.2, 0.25) is 5.02 Å². The highest BCUT2D eigenvalue weighted by atomic mass is 35.5. The summed E-state index contributed by atoms with van der Waals surface area (Å²) in [7, 11) is -3.66. The first kappa shape index (κ1) is 15.0. The van der Waals surface area contributed by atoms with Crippen LogP contribution in [0.4, 0.5) is 0 Å². The highest BCUT2D eigenvalue weighted by molar-refractivity contribution is 7.89. The molecule has 8 heteroatoms. The van der Waals surface area contributed by atoms with Crippen molar-refractivity contribution in [1.82, 2.24) is 14.9 Å². The predicted octanol–water partition coefficient (Wildman–Crippen LogP) is 1.31. The number of benzene rings is 1. The molecule has 0 saturated heterocycles. The van der Waals surface area contributed by atoms with E-state index in [1.165, 1.54) is 0 Å². The third-order valence-corrected chi connectivity index (χ3v) is 4.66. The van der Waals surface area contributed by atoms with Crippen LogP contribution in [0.3, 0.4) is 0 Å². The van der Waals surface area contributed by atoms with E-state index in [2.05, 4.69) is 14.9 Å². The van der Waals surface area contributed by atoms with Gasteiger partial charge in [0.25, 0.3) is 0 Å². The molecule has 0 radical (unpaired) electrons. The number of nitrogens with zero attached hydrogens (tertiary/aromatic N) is 1. The second-order valence-corrected chi connectivity index (χ2v) is 6.42. The summed E-state index contributed by atoms with van der Waals surface area (Å²) < 4.78 is 27.1. The van der Waals surface area contributed by atoms with Crippen molar-refractivity contribution in [3.8, 4) is 0 Å². The number of nitrogens with one attached hydrogen (secondary N) is 2. The molecule has 108 valence electrons. The molecule has 20 heavy (non-hydrogen) atoms. The Hall–Kier alpha value is -1.41. The summed E-state index contributed by atoms with van der Waals surface area (Å²) in [6.45, 7) is 1.87. The zero-order valence-electron chi connectivity index (χ0n) is 10.9. The van der Waals surface area contributed by atoms with E-state index in [4.69, 9.17) is 17.3 Å². The largest absolute Gasteiger partial charge is 0.325 e. The van der Waals surface area contributed by atoms with Gasteiger partial charge < -0.3 is 5.73 Å². The topological polar surface area (TPSA) is 101 Å². The molecule has 0 aliphatic rings. The van der Waals surface area contributed by atoms with Gasteiger partial charge in [0.2, 0.25) is 10.0 Å². The van der Waals surface area contributed by atoms with Crippen LogP contribution in [-0.2, 0) is 23.1 Å². The maximum absolute atomic E-state index is 12.3. The number of hydrogen-bond donors (Lipinski definition) is 3. The normalized spacial score (nSPS) is 11.8. The van der Waals surface area contributed by atoms with Crippen molar-refractivity contribution in [1.29, 1.82) is 0 Å². The number of halogens is 1. The molecular formula is C12H15ClN4O2S. The Balaban J connectivity index is 2.19. The average molecular weight is 315 g/mol. The number of hydrogen-bond acceptors (Lipinski definition) is 4. The van der Waals surface area contributed by atoms with Crippen molar-refractivity contribution in [2.24, 2.45) is 5.73 Å². The van der Waals surface area contributed by atoms with E-state index in [9.17, 15) is 8.42 Å². The number of aromatic nitrogens is 2. The lowest BCUT2D eigenvalue weighted by Gasteiger charge is -2.07. The van der Waals surface area contributed by atoms with Crippen molar-refractivity contribution >= 4 is 21.6 Å². The van der Waals surface area contributed by atoms with Gasteiger partial charge in [-0.25, -0.2) is 13.1 Å². The summed E-state index contributed by atoms with van der Waals surface area (Å²) in [4.78, 5) is 0.119. The van der Waals surface area contributed by atoms with E-state index in [1.54, 1.807) is 31.2 Å². The SMILES string of the molecule is Cc1[nH]nc(CN)c1S(=O)(=O)NCc1ccc(Cl)cc1. The lowest BCUT2D eigenvalue weighted by molar-refractivity contribution is 0.579. The Morgan fingerprint density at radius 1 is 1.35 bits per heavy atom. The van der Waals surface area contributed by atoms with Crippen molar-refractivity contribution in [2.45, 2.75) is 24.9 Å². The molecule has 0 fully saturated rings. The van der Waals surface area contributed by atoms with Crippen molar-refractivity contribution in [3.63, 3.8) is 0 Å². The fraction of sp³-hybridized carbons (Fsp3) is 0.250. The molecular weight excluding hydrogens is 300 g/mol. The summed E-state index contributed by atoms with van der Waals surface area (Å²) >= 11 is 5.78. The van der Waals surface area contributed by atoms with Crippen molar-refractivity contribution < 1.29 is 8.42 Å². The Morgan fingerprint density at radius 3 is 2.60 bits per heavy atom. The number of H-pyrrole nitrogens is 1. The minimum atomic E-state index is -3.66. The van der Waals surface area contributed by atoms with Gasteiger partial charge in [-0.1, -0.05) is 23.7 Å². The van der Waals surface area contributed by atoms with Gasteiger partial charge in [0.05, 0.1) is 11.4 Å². The Morgan fingerprint density at radius 2 is 2.00 bits per heavy atom. The van der Waals surface area contributed by atoms with Gasteiger partial charge >= 0.3 is 0 Å². The molecule has 0 bridgehead atoms. The molecule has 6 nitrogen and oxygen atoms in total. The number of rotatable bonds is 5. The standard InChI is InChI=1S/C12H15ClN4O2S/c1-8-12(11(6-14)17-16-8)20(18,19)15-7-9-2-4-10(13)5-3-9/h2-5,15H,6-7,14H2,1H3,(H,16,17). The van der Waals surface area contributed by atoms with E-state index in [0.717, 1.165) is 5.56 Å².